The summed E-state index contributed by atoms with van der Waals surface area (Å²) in [6.07, 6.45) is -1.23. The summed E-state index contributed by atoms with van der Waals surface area (Å²) in [5.41, 5.74) is 1.48. The summed E-state index contributed by atoms with van der Waals surface area (Å²) in [6.45, 7) is 3.05. The quantitative estimate of drug-likeness (QED) is 0.341. The number of nitrogens with zero attached hydrogens (tertiary/aromatic N) is 2. The Kier molecular flexibility index (Phi) is 9.71. The number of amides is 2. The third kappa shape index (κ3) is 7.01. The van der Waals surface area contributed by atoms with E-state index in [1.165, 1.54) is 11.8 Å². The summed E-state index contributed by atoms with van der Waals surface area (Å²) in [5, 5.41) is 10.7. The van der Waals surface area contributed by atoms with Crippen LogP contribution in [0.5, 0.6) is 0 Å². The van der Waals surface area contributed by atoms with Crippen LogP contribution in [0.2, 0.25) is 0 Å². The average molecular weight is 585 g/mol. The van der Waals surface area contributed by atoms with Crippen LogP contribution in [0.1, 0.15) is 30.5 Å². The Morgan fingerprint density at radius 3 is 1.93 bits per heavy atom. The van der Waals surface area contributed by atoms with Crippen molar-refractivity contribution in [2.24, 2.45) is 0 Å². The molecule has 0 spiro atoms. The van der Waals surface area contributed by atoms with Gasteiger partial charge in [0.2, 0.25) is 5.79 Å². The number of ether oxygens (including phenoxy) is 4. The van der Waals surface area contributed by atoms with E-state index in [0.717, 1.165) is 28.2 Å². The molecule has 2 amide bonds. The minimum Gasteiger partial charge on any atom is -0.444 e. The zero-order valence-corrected chi connectivity index (χ0v) is 22.9. The van der Waals surface area contributed by atoms with Crippen LogP contribution < -0.4 is 0 Å². The van der Waals surface area contributed by atoms with Crippen LogP contribution >= 0.6 is 0 Å². The van der Waals surface area contributed by atoms with Crippen LogP contribution in [0.3, 0.4) is 0 Å². The SMILES string of the molecule is C[C@@H]1C(=O)OCN1C(=O)OCc1ccccc1.C[C@H]1N(C(=O)OCc2ccccc2)COC1(O)c1ccc(F)cc1F. The zero-order chi connectivity index (χ0) is 30.3. The number of benzene rings is 3. The van der Waals surface area contributed by atoms with E-state index in [2.05, 4.69) is 0 Å². The topological polar surface area (TPSA) is 115 Å². The molecular weight excluding hydrogens is 554 g/mol. The molecule has 2 saturated heterocycles. The van der Waals surface area contributed by atoms with E-state index in [4.69, 9.17) is 18.9 Å². The second kappa shape index (κ2) is 13.4. The summed E-state index contributed by atoms with van der Waals surface area (Å²) in [4.78, 5) is 37.4. The molecule has 1 unspecified atom stereocenters. The molecule has 1 N–H and O–H groups in total. The highest BCUT2D eigenvalue weighted by molar-refractivity contribution is 5.83. The van der Waals surface area contributed by atoms with Crippen molar-refractivity contribution in [3.8, 4) is 0 Å². The molecule has 3 aromatic carbocycles. The van der Waals surface area contributed by atoms with E-state index >= 15 is 0 Å². The fourth-order valence-electron chi connectivity index (χ4n) is 4.21. The van der Waals surface area contributed by atoms with E-state index in [1.54, 1.807) is 19.1 Å². The molecule has 2 fully saturated rings. The predicted octanol–water partition coefficient (Wildman–Crippen LogP) is 4.65. The number of rotatable bonds is 5. The van der Waals surface area contributed by atoms with E-state index < -0.39 is 47.7 Å². The van der Waals surface area contributed by atoms with Crippen LogP contribution in [-0.4, -0.2) is 58.6 Å². The number of aliphatic hydroxyl groups is 1. The number of esters is 1. The van der Waals surface area contributed by atoms with Gasteiger partial charge in [0.05, 0.1) is 6.04 Å². The maximum absolute atomic E-state index is 14.0. The highest BCUT2D eigenvalue weighted by atomic mass is 19.1. The molecule has 2 aliphatic rings. The monoisotopic (exact) mass is 584 g/mol. The molecule has 5 rings (SSSR count). The number of hydrogen-bond acceptors (Lipinski definition) is 8. The molecule has 3 atom stereocenters. The van der Waals surface area contributed by atoms with Crippen LogP contribution in [0.4, 0.5) is 18.4 Å². The lowest BCUT2D eigenvalue weighted by Gasteiger charge is -2.28. The predicted molar refractivity (Wildman–Crippen MR) is 143 cm³/mol. The molecule has 0 aliphatic carbocycles. The molecule has 222 valence electrons. The lowest BCUT2D eigenvalue weighted by molar-refractivity contribution is -0.187. The molecule has 0 bridgehead atoms. The van der Waals surface area contributed by atoms with Crippen molar-refractivity contribution in [3.05, 3.63) is 107 Å². The van der Waals surface area contributed by atoms with Gasteiger partial charge in [-0.25, -0.2) is 23.2 Å². The van der Waals surface area contributed by atoms with E-state index in [1.807, 2.05) is 48.5 Å². The molecule has 0 aromatic heterocycles. The van der Waals surface area contributed by atoms with Gasteiger partial charge in [-0.15, -0.1) is 0 Å². The van der Waals surface area contributed by atoms with Crippen molar-refractivity contribution in [1.82, 2.24) is 9.80 Å². The average Bonchev–Trinajstić information content (AvgIpc) is 3.49. The van der Waals surface area contributed by atoms with Crippen molar-refractivity contribution in [3.63, 3.8) is 0 Å². The molecule has 42 heavy (non-hydrogen) atoms. The van der Waals surface area contributed by atoms with Crippen LogP contribution in [-0.2, 0) is 42.7 Å². The first kappa shape index (κ1) is 30.4. The fraction of sp³-hybridized carbons (Fsp3) is 0.300. The number of halogens is 2. The number of carbonyl (C=O) groups is 3. The molecular formula is C30H30F2N2O8. The Labute approximate surface area is 241 Å². The maximum Gasteiger partial charge on any atom is 0.413 e. The maximum atomic E-state index is 14.0. The fourth-order valence-corrected chi connectivity index (χ4v) is 4.21. The lowest BCUT2D eigenvalue weighted by atomic mass is 9.98. The summed E-state index contributed by atoms with van der Waals surface area (Å²) in [6, 6.07) is 19.7. The van der Waals surface area contributed by atoms with Crippen molar-refractivity contribution in [2.75, 3.05) is 13.5 Å². The van der Waals surface area contributed by atoms with Gasteiger partial charge >= 0.3 is 18.2 Å². The zero-order valence-electron chi connectivity index (χ0n) is 22.9. The van der Waals surface area contributed by atoms with Gasteiger partial charge in [0.1, 0.15) is 37.6 Å². The number of hydrogen-bond donors (Lipinski definition) is 1. The van der Waals surface area contributed by atoms with Gasteiger partial charge in [0.15, 0.2) is 6.73 Å². The van der Waals surface area contributed by atoms with Gasteiger partial charge in [-0.3, -0.25) is 9.80 Å². The summed E-state index contributed by atoms with van der Waals surface area (Å²) in [5.74, 6) is -4.20. The van der Waals surface area contributed by atoms with Crippen LogP contribution in [0, 0.1) is 11.6 Å². The smallest absolute Gasteiger partial charge is 0.413 e. The largest absolute Gasteiger partial charge is 0.444 e. The van der Waals surface area contributed by atoms with Gasteiger partial charge in [-0.2, -0.15) is 0 Å². The Morgan fingerprint density at radius 2 is 1.43 bits per heavy atom. The molecule has 2 aliphatic heterocycles. The van der Waals surface area contributed by atoms with E-state index in [-0.39, 0.29) is 32.2 Å². The standard InChI is InChI=1S/C18H17F2NO4.C12H13NO4/c1-12-18(23,15-8-7-14(19)9-16(15)20)25-11-21(12)17(22)24-10-13-5-3-2-4-6-13;1-9-11(14)17-8-13(9)12(15)16-7-10-5-3-2-4-6-10/h2-9,12,23H,10-11H2,1H3;2-6,9H,7-8H2,1H3/t12-,18?;9-/m11/s1. The minimum absolute atomic E-state index is 0.0341. The summed E-state index contributed by atoms with van der Waals surface area (Å²) in [7, 11) is 0. The lowest BCUT2D eigenvalue weighted by Crippen LogP contribution is -2.44. The van der Waals surface area contributed by atoms with Crippen molar-refractivity contribution < 1.29 is 47.2 Å². The number of cyclic esters (lactones) is 1. The molecule has 3 aromatic rings. The minimum atomic E-state index is -2.08. The van der Waals surface area contributed by atoms with Crippen LogP contribution in [0.25, 0.3) is 0 Å². The summed E-state index contributed by atoms with van der Waals surface area (Å²) < 4.78 is 47.4. The molecule has 12 heteroatoms. The highest BCUT2D eigenvalue weighted by Gasteiger charge is 2.50. The number of carbonyl (C=O) groups excluding carboxylic acids is 3. The van der Waals surface area contributed by atoms with Gasteiger partial charge in [0, 0.05) is 11.6 Å². The molecule has 10 nitrogen and oxygen atoms in total. The van der Waals surface area contributed by atoms with E-state index in [9.17, 15) is 28.3 Å². The normalized spacial score (nSPS) is 21.3. The Bertz CT molecular complexity index is 1390. The highest BCUT2D eigenvalue weighted by Crippen LogP contribution is 2.37. The van der Waals surface area contributed by atoms with E-state index in [0.29, 0.717) is 6.07 Å². The van der Waals surface area contributed by atoms with Crippen molar-refractivity contribution in [2.45, 2.75) is 44.9 Å². The Hall–Kier alpha value is -4.55. The third-order valence-electron chi connectivity index (χ3n) is 6.81. The van der Waals surface area contributed by atoms with Crippen molar-refractivity contribution >= 4 is 18.2 Å². The molecule has 0 saturated carbocycles. The Morgan fingerprint density at radius 1 is 0.881 bits per heavy atom. The van der Waals surface area contributed by atoms with Crippen LogP contribution in [0.15, 0.2) is 78.9 Å². The molecule has 0 radical (unpaired) electrons. The first-order valence-corrected chi connectivity index (χ1v) is 13.0. The van der Waals surface area contributed by atoms with Gasteiger partial charge in [-0.05, 0) is 37.1 Å². The molecule has 2 heterocycles. The van der Waals surface area contributed by atoms with Gasteiger partial charge in [-0.1, -0.05) is 60.7 Å². The summed E-state index contributed by atoms with van der Waals surface area (Å²) >= 11 is 0. The second-order valence-corrected chi connectivity index (χ2v) is 9.56. The van der Waals surface area contributed by atoms with Gasteiger partial charge < -0.3 is 24.1 Å². The second-order valence-electron chi connectivity index (χ2n) is 9.56. The first-order valence-electron chi connectivity index (χ1n) is 13.0. The third-order valence-corrected chi connectivity index (χ3v) is 6.81. The Balaban J connectivity index is 0.000000208. The first-order chi connectivity index (χ1) is 20.1. The van der Waals surface area contributed by atoms with Gasteiger partial charge in [0.25, 0.3) is 0 Å². The van der Waals surface area contributed by atoms with Crippen molar-refractivity contribution in [1.29, 1.82) is 0 Å².